The molecule has 3 aromatic heterocycles. The lowest BCUT2D eigenvalue weighted by molar-refractivity contribution is -0.105. The number of nitrogens with one attached hydrogen (secondary N) is 1. The predicted octanol–water partition coefficient (Wildman–Crippen LogP) is 3.96. The Kier molecular flexibility index (Phi) is 6.31. The van der Waals surface area contributed by atoms with E-state index in [1.165, 1.54) is 12.1 Å². The number of amides is 1. The Bertz CT molecular complexity index is 1280. The molecular weight excluding hydrogens is 440 g/mol. The Hall–Kier alpha value is -3.66. The van der Waals surface area contributed by atoms with Crippen molar-refractivity contribution in [3.8, 4) is 22.6 Å². The van der Waals surface area contributed by atoms with Crippen LogP contribution in [-0.2, 0) is 4.79 Å². The summed E-state index contributed by atoms with van der Waals surface area (Å²) in [4.78, 5) is 22.1. The molecule has 8 nitrogen and oxygen atoms in total. The summed E-state index contributed by atoms with van der Waals surface area (Å²) in [5.74, 6) is 0.103. The maximum atomic E-state index is 13.6. The van der Waals surface area contributed by atoms with Gasteiger partial charge in [0, 0.05) is 31.2 Å². The van der Waals surface area contributed by atoms with Gasteiger partial charge in [0.1, 0.15) is 11.5 Å². The summed E-state index contributed by atoms with van der Waals surface area (Å²) in [5, 5.41) is 7.29. The van der Waals surface area contributed by atoms with Crippen LogP contribution in [0.5, 0.6) is 0 Å². The van der Waals surface area contributed by atoms with Gasteiger partial charge in [0.05, 0.1) is 30.6 Å². The molecule has 1 fully saturated rings. The quantitative estimate of drug-likeness (QED) is 0.399. The lowest BCUT2D eigenvalue weighted by Gasteiger charge is -2.33. The standard InChI is InChI=1S/C24H25F2N7O/c25-10-1-11-31-12-8-19(9-13-31)32-15-27-23(17-2-4-18(26)5-3-17)24(32)20-6-7-22-29-21(28-16-34)14-33(22)30-20/h2-7,14-16,19H,1,8-13H2,(H,28,34). The van der Waals surface area contributed by atoms with Crippen molar-refractivity contribution in [3.63, 3.8) is 0 Å². The molecule has 0 spiro atoms. The molecule has 1 aliphatic rings. The molecule has 0 radical (unpaired) electrons. The Balaban J connectivity index is 1.54. The van der Waals surface area contributed by atoms with Crippen LogP contribution in [0.3, 0.4) is 0 Å². The number of likely N-dealkylation sites (tertiary alicyclic amines) is 1. The number of carbonyl (C=O) groups is 1. The molecule has 10 heteroatoms. The molecule has 1 N–H and O–H groups in total. The maximum Gasteiger partial charge on any atom is 0.212 e. The van der Waals surface area contributed by atoms with E-state index in [0.29, 0.717) is 30.0 Å². The molecule has 1 saturated heterocycles. The first-order valence-corrected chi connectivity index (χ1v) is 11.3. The molecule has 1 aliphatic heterocycles. The average Bonchev–Trinajstić information content (AvgIpc) is 3.47. The summed E-state index contributed by atoms with van der Waals surface area (Å²) < 4.78 is 29.9. The van der Waals surface area contributed by atoms with Crippen molar-refractivity contribution < 1.29 is 13.6 Å². The van der Waals surface area contributed by atoms with Crippen LogP contribution in [0.1, 0.15) is 25.3 Å². The predicted molar refractivity (Wildman–Crippen MR) is 125 cm³/mol. The number of alkyl halides is 1. The minimum Gasteiger partial charge on any atom is -0.326 e. The van der Waals surface area contributed by atoms with Crippen molar-refractivity contribution in [2.24, 2.45) is 0 Å². The van der Waals surface area contributed by atoms with E-state index in [-0.39, 0.29) is 18.5 Å². The minimum atomic E-state index is -0.307. The SMILES string of the molecule is O=CNc1cn2nc(-c3c(-c4ccc(F)cc4)ncn3C3CCN(CCCF)CC3)ccc2n1. The number of imidazole rings is 2. The minimum absolute atomic E-state index is 0.214. The van der Waals surface area contributed by atoms with Crippen LogP contribution in [0, 0.1) is 5.82 Å². The Morgan fingerprint density at radius 3 is 2.65 bits per heavy atom. The van der Waals surface area contributed by atoms with Crippen LogP contribution in [-0.4, -0.2) is 61.8 Å². The molecular formula is C24H25F2N7O. The number of nitrogens with zero attached hydrogens (tertiary/aromatic N) is 6. The van der Waals surface area contributed by atoms with Gasteiger partial charge in [-0.05, 0) is 55.7 Å². The first-order valence-electron chi connectivity index (χ1n) is 11.3. The first kappa shape index (κ1) is 22.1. The fraction of sp³-hybridized carbons (Fsp3) is 0.333. The number of carbonyl (C=O) groups excluding carboxylic acids is 1. The summed E-state index contributed by atoms with van der Waals surface area (Å²) >= 11 is 0. The van der Waals surface area contributed by atoms with Crippen molar-refractivity contribution in [2.45, 2.75) is 25.3 Å². The fourth-order valence-corrected chi connectivity index (χ4v) is 4.55. The monoisotopic (exact) mass is 465 g/mol. The molecule has 5 rings (SSSR count). The number of fused-ring (bicyclic) bond motifs is 1. The molecule has 0 unspecified atom stereocenters. The van der Waals surface area contributed by atoms with Gasteiger partial charge < -0.3 is 14.8 Å². The topological polar surface area (TPSA) is 80.3 Å². The van der Waals surface area contributed by atoms with Gasteiger partial charge in [-0.3, -0.25) is 9.18 Å². The second-order valence-corrected chi connectivity index (χ2v) is 8.38. The number of halogens is 2. The highest BCUT2D eigenvalue weighted by molar-refractivity contribution is 5.77. The maximum absolute atomic E-state index is 13.6. The largest absolute Gasteiger partial charge is 0.326 e. The normalized spacial score (nSPS) is 15.1. The third-order valence-corrected chi connectivity index (χ3v) is 6.24. The second kappa shape index (κ2) is 9.68. The van der Waals surface area contributed by atoms with Crippen LogP contribution >= 0.6 is 0 Å². The summed E-state index contributed by atoms with van der Waals surface area (Å²) in [5.41, 5.74) is 3.65. The van der Waals surface area contributed by atoms with Crippen LogP contribution < -0.4 is 5.32 Å². The van der Waals surface area contributed by atoms with Crippen LogP contribution in [0.2, 0.25) is 0 Å². The fourth-order valence-electron chi connectivity index (χ4n) is 4.55. The second-order valence-electron chi connectivity index (χ2n) is 8.38. The van der Waals surface area contributed by atoms with Gasteiger partial charge in [0.2, 0.25) is 6.41 Å². The third kappa shape index (κ3) is 4.41. The van der Waals surface area contributed by atoms with Gasteiger partial charge in [-0.25, -0.2) is 18.9 Å². The van der Waals surface area contributed by atoms with E-state index in [1.54, 1.807) is 22.8 Å². The molecule has 1 amide bonds. The number of rotatable bonds is 8. The molecule has 0 aliphatic carbocycles. The Morgan fingerprint density at radius 2 is 1.91 bits per heavy atom. The highest BCUT2D eigenvalue weighted by Gasteiger charge is 2.26. The number of anilines is 1. The smallest absolute Gasteiger partial charge is 0.212 e. The lowest BCUT2D eigenvalue weighted by Crippen LogP contribution is -2.35. The summed E-state index contributed by atoms with van der Waals surface area (Å²) in [6, 6.07) is 10.2. The molecule has 1 aromatic carbocycles. The first-order chi connectivity index (χ1) is 16.7. The zero-order chi connectivity index (χ0) is 23.5. The van der Waals surface area contributed by atoms with E-state index >= 15 is 0 Å². The number of piperidine rings is 1. The molecule has 0 bridgehead atoms. The zero-order valence-electron chi connectivity index (χ0n) is 18.6. The average molecular weight is 466 g/mol. The van der Waals surface area contributed by atoms with Crippen molar-refractivity contribution in [2.75, 3.05) is 31.6 Å². The molecule has 4 aromatic rings. The van der Waals surface area contributed by atoms with Gasteiger partial charge >= 0.3 is 0 Å². The zero-order valence-corrected chi connectivity index (χ0v) is 18.6. The van der Waals surface area contributed by atoms with E-state index < -0.39 is 0 Å². The van der Waals surface area contributed by atoms with E-state index in [2.05, 4.69) is 19.8 Å². The number of benzene rings is 1. The van der Waals surface area contributed by atoms with Crippen LogP contribution in [0.25, 0.3) is 28.3 Å². The number of hydrogen-bond acceptors (Lipinski definition) is 5. The van der Waals surface area contributed by atoms with Crippen molar-refractivity contribution in [1.82, 2.24) is 29.0 Å². The van der Waals surface area contributed by atoms with Crippen LogP contribution in [0.4, 0.5) is 14.6 Å². The van der Waals surface area contributed by atoms with Gasteiger partial charge in [0.15, 0.2) is 11.5 Å². The summed E-state index contributed by atoms with van der Waals surface area (Å²) in [7, 11) is 0. The van der Waals surface area contributed by atoms with Gasteiger partial charge in [-0.15, -0.1) is 0 Å². The van der Waals surface area contributed by atoms with E-state index in [1.807, 2.05) is 18.5 Å². The molecule has 4 heterocycles. The van der Waals surface area contributed by atoms with E-state index in [4.69, 9.17) is 10.1 Å². The van der Waals surface area contributed by atoms with E-state index in [9.17, 15) is 13.6 Å². The highest BCUT2D eigenvalue weighted by Crippen LogP contribution is 2.35. The van der Waals surface area contributed by atoms with Gasteiger partial charge in [0.25, 0.3) is 0 Å². The molecule has 0 atom stereocenters. The Labute approximate surface area is 195 Å². The van der Waals surface area contributed by atoms with Crippen molar-refractivity contribution in [1.29, 1.82) is 0 Å². The summed E-state index contributed by atoms with van der Waals surface area (Å²) in [6.45, 7) is 2.27. The molecule has 176 valence electrons. The lowest BCUT2D eigenvalue weighted by atomic mass is 10.0. The summed E-state index contributed by atoms with van der Waals surface area (Å²) in [6.07, 6.45) is 6.44. The third-order valence-electron chi connectivity index (χ3n) is 6.24. The molecule has 0 saturated carbocycles. The highest BCUT2D eigenvalue weighted by atomic mass is 19.1. The Morgan fingerprint density at radius 1 is 1.12 bits per heavy atom. The van der Waals surface area contributed by atoms with Crippen LogP contribution in [0.15, 0.2) is 48.9 Å². The van der Waals surface area contributed by atoms with Crippen molar-refractivity contribution >= 4 is 17.9 Å². The van der Waals surface area contributed by atoms with E-state index in [0.717, 1.165) is 49.4 Å². The van der Waals surface area contributed by atoms with Crippen molar-refractivity contribution in [3.05, 3.63) is 54.7 Å². The van der Waals surface area contributed by atoms with Gasteiger partial charge in [-0.2, -0.15) is 5.10 Å². The molecule has 34 heavy (non-hydrogen) atoms. The number of aromatic nitrogens is 5. The van der Waals surface area contributed by atoms with Gasteiger partial charge in [-0.1, -0.05) is 0 Å². The number of hydrogen-bond donors (Lipinski definition) is 1.